The molecule has 0 amide bonds. The van der Waals surface area contributed by atoms with Crippen molar-refractivity contribution in [2.24, 2.45) is 9.98 Å². The molecule has 0 aromatic heterocycles. The zero-order valence-electron chi connectivity index (χ0n) is 15.3. The zero-order valence-corrected chi connectivity index (χ0v) is 16.9. The predicted molar refractivity (Wildman–Crippen MR) is 109 cm³/mol. The summed E-state index contributed by atoms with van der Waals surface area (Å²) in [6, 6.07) is 6.08. The third-order valence-corrected chi connectivity index (χ3v) is 3.94. The Balaban J connectivity index is 0.000000280. The summed E-state index contributed by atoms with van der Waals surface area (Å²) in [6.45, 7) is 3.73. The minimum absolute atomic E-state index is 0.308. The number of nitrogens with zero attached hydrogens (tertiary/aromatic N) is 2. The second kappa shape index (κ2) is 12.3. The molecule has 28 heavy (non-hydrogen) atoms. The van der Waals surface area contributed by atoms with E-state index in [2.05, 4.69) is 44.7 Å². The Morgan fingerprint density at radius 1 is 0.679 bits per heavy atom. The van der Waals surface area contributed by atoms with Crippen LogP contribution in [0, 0.1) is 23.3 Å². The van der Waals surface area contributed by atoms with Crippen LogP contribution < -0.4 is 0 Å². The van der Waals surface area contributed by atoms with Gasteiger partial charge in [-0.1, -0.05) is 13.8 Å². The van der Waals surface area contributed by atoms with E-state index in [1.54, 1.807) is 0 Å². The van der Waals surface area contributed by atoms with Crippen molar-refractivity contribution in [1.82, 2.24) is 0 Å². The van der Waals surface area contributed by atoms with E-state index in [1.807, 2.05) is 13.8 Å². The van der Waals surface area contributed by atoms with Gasteiger partial charge in [-0.2, -0.15) is 0 Å². The number of hydrogen-bond acceptors (Lipinski definition) is 4. The molecule has 0 fully saturated rings. The van der Waals surface area contributed by atoms with Crippen LogP contribution in [0.5, 0.6) is 0 Å². The lowest BCUT2D eigenvalue weighted by Crippen LogP contribution is -1.95. The molecule has 0 N–H and O–H groups in total. The molecule has 0 spiro atoms. The van der Waals surface area contributed by atoms with Crippen LogP contribution in [-0.2, 0) is 0 Å². The summed E-state index contributed by atoms with van der Waals surface area (Å²) < 4.78 is 51.3. The Bertz CT molecular complexity index is 778. The lowest BCUT2D eigenvalue weighted by atomic mass is 10.1. The lowest BCUT2D eigenvalue weighted by molar-refractivity contribution is 0.571. The molecular weight excluding hydrogens is 408 g/mol. The van der Waals surface area contributed by atoms with Gasteiger partial charge in [0.05, 0.1) is 22.4 Å². The van der Waals surface area contributed by atoms with E-state index in [9.17, 15) is 17.6 Å². The van der Waals surface area contributed by atoms with E-state index in [-0.39, 0.29) is 12.1 Å². The van der Waals surface area contributed by atoms with Gasteiger partial charge < -0.3 is 0 Å². The van der Waals surface area contributed by atoms with Crippen molar-refractivity contribution in [3.8, 4) is 0 Å². The number of rotatable bonds is 6. The SMILES string of the molecule is CC[C@@H](N=C=S)c1cc(F)cc(F)c1.CC[C@H](N=C=S)c1cc(F)cc(F)c1. The molecule has 0 saturated heterocycles. The Morgan fingerprint density at radius 2 is 0.964 bits per heavy atom. The maximum absolute atomic E-state index is 12.8. The molecule has 0 aliphatic rings. The smallest absolute Gasteiger partial charge is 0.126 e. The quantitative estimate of drug-likeness (QED) is 0.281. The average molecular weight is 427 g/mol. The molecule has 2 atom stereocenters. The first-order valence-electron chi connectivity index (χ1n) is 8.40. The standard InChI is InChI=1S/2C10H9F2NS/c2*1-2-10(13-6-14)7-3-8(11)5-9(12)4-7/h2*3-5,10H,2H2,1H3/t2*10-/m10/s1. The lowest BCUT2D eigenvalue weighted by Gasteiger charge is -2.08. The summed E-state index contributed by atoms with van der Waals surface area (Å²) >= 11 is 8.91. The third kappa shape index (κ3) is 7.79. The van der Waals surface area contributed by atoms with E-state index in [0.29, 0.717) is 24.0 Å². The fourth-order valence-electron chi connectivity index (χ4n) is 2.47. The Labute approximate surface area is 172 Å². The van der Waals surface area contributed by atoms with Crippen LogP contribution in [0.25, 0.3) is 0 Å². The van der Waals surface area contributed by atoms with E-state index in [0.717, 1.165) is 12.1 Å². The molecule has 8 heteroatoms. The van der Waals surface area contributed by atoms with Gasteiger partial charge in [0.2, 0.25) is 0 Å². The maximum Gasteiger partial charge on any atom is 0.126 e. The minimum Gasteiger partial charge on any atom is -0.224 e. The summed E-state index contributed by atoms with van der Waals surface area (Å²) in [6.07, 6.45) is 1.26. The highest BCUT2D eigenvalue weighted by Crippen LogP contribution is 2.23. The van der Waals surface area contributed by atoms with E-state index >= 15 is 0 Å². The predicted octanol–water partition coefficient (Wildman–Crippen LogP) is 7.04. The van der Waals surface area contributed by atoms with Crippen LogP contribution in [0.4, 0.5) is 17.6 Å². The Kier molecular flexibility index (Phi) is 10.4. The van der Waals surface area contributed by atoms with Gasteiger partial charge in [0.15, 0.2) is 0 Å². The average Bonchev–Trinajstić information content (AvgIpc) is 2.63. The molecule has 2 rings (SSSR count). The fraction of sp³-hybridized carbons (Fsp3) is 0.300. The van der Waals surface area contributed by atoms with Crippen molar-refractivity contribution in [3.63, 3.8) is 0 Å². The fourth-order valence-corrected chi connectivity index (χ4v) is 2.72. The number of isothiocyanates is 2. The second-order valence-corrected chi connectivity index (χ2v) is 6.06. The highest BCUT2D eigenvalue weighted by molar-refractivity contribution is 7.78. The molecule has 0 aliphatic carbocycles. The van der Waals surface area contributed by atoms with Gasteiger partial charge in [-0.25, -0.2) is 27.5 Å². The zero-order chi connectivity index (χ0) is 21.1. The molecule has 148 valence electrons. The Hall–Kier alpha value is -2.24. The van der Waals surface area contributed by atoms with E-state index < -0.39 is 23.3 Å². The highest BCUT2D eigenvalue weighted by atomic mass is 32.1. The first kappa shape index (κ1) is 23.8. The topological polar surface area (TPSA) is 24.7 Å². The van der Waals surface area contributed by atoms with Gasteiger partial charge in [0.25, 0.3) is 0 Å². The summed E-state index contributed by atoms with van der Waals surface area (Å²) in [5, 5.41) is 4.44. The molecule has 0 bridgehead atoms. The Morgan fingerprint density at radius 3 is 1.18 bits per heavy atom. The molecule has 0 aliphatic heterocycles. The van der Waals surface area contributed by atoms with Crippen molar-refractivity contribution in [3.05, 3.63) is 70.8 Å². The van der Waals surface area contributed by atoms with Crippen LogP contribution in [0.3, 0.4) is 0 Å². The summed E-state index contributed by atoms with van der Waals surface area (Å²) in [7, 11) is 0. The monoisotopic (exact) mass is 426 g/mol. The van der Waals surface area contributed by atoms with Gasteiger partial charge in [0, 0.05) is 12.1 Å². The van der Waals surface area contributed by atoms with Crippen molar-refractivity contribution in [2.45, 2.75) is 38.8 Å². The van der Waals surface area contributed by atoms with Crippen molar-refractivity contribution in [1.29, 1.82) is 0 Å². The van der Waals surface area contributed by atoms with Gasteiger partial charge in [-0.15, -0.1) is 0 Å². The van der Waals surface area contributed by atoms with Crippen LogP contribution in [-0.4, -0.2) is 10.3 Å². The van der Waals surface area contributed by atoms with Gasteiger partial charge in [0.1, 0.15) is 23.3 Å². The minimum atomic E-state index is -0.599. The largest absolute Gasteiger partial charge is 0.224 e. The summed E-state index contributed by atoms with van der Waals surface area (Å²) in [4.78, 5) is 7.65. The van der Waals surface area contributed by atoms with E-state index in [1.165, 1.54) is 24.3 Å². The first-order chi connectivity index (χ1) is 13.3. The molecule has 0 unspecified atom stereocenters. The van der Waals surface area contributed by atoms with Crippen molar-refractivity contribution >= 4 is 34.8 Å². The first-order valence-corrected chi connectivity index (χ1v) is 9.22. The molecular formula is C20H18F4N2S2. The molecule has 2 aromatic rings. The molecule has 0 saturated carbocycles. The van der Waals surface area contributed by atoms with Crippen LogP contribution in [0.2, 0.25) is 0 Å². The molecule has 2 nitrogen and oxygen atoms in total. The second-order valence-electron chi connectivity index (χ2n) is 5.69. The van der Waals surface area contributed by atoms with Crippen LogP contribution >= 0.6 is 24.4 Å². The number of halogens is 4. The van der Waals surface area contributed by atoms with Crippen molar-refractivity contribution < 1.29 is 17.6 Å². The van der Waals surface area contributed by atoms with Crippen molar-refractivity contribution in [2.75, 3.05) is 0 Å². The molecule has 0 radical (unpaired) electrons. The van der Waals surface area contributed by atoms with Gasteiger partial charge >= 0.3 is 0 Å². The van der Waals surface area contributed by atoms with E-state index in [4.69, 9.17) is 0 Å². The maximum atomic E-state index is 12.8. The van der Waals surface area contributed by atoms with Crippen LogP contribution in [0.15, 0.2) is 46.4 Å². The normalized spacial score (nSPS) is 11.9. The summed E-state index contributed by atoms with van der Waals surface area (Å²) in [5.74, 6) is -2.40. The number of benzene rings is 2. The molecule has 2 aromatic carbocycles. The number of thiocarbonyl (C=S) groups is 2. The summed E-state index contributed by atoms with van der Waals surface area (Å²) in [5.41, 5.74) is 0.977. The number of hydrogen-bond donors (Lipinski definition) is 0. The van der Waals surface area contributed by atoms with Gasteiger partial charge in [-0.3, -0.25) is 0 Å². The third-order valence-electron chi connectivity index (χ3n) is 3.73. The van der Waals surface area contributed by atoms with Gasteiger partial charge in [-0.05, 0) is 72.7 Å². The number of aliphatic imine (C=N–C) groups is 2. The molecule has 0 heterocycles. The highest BCUT2D eigenvalue weighted by Gasteiger charge is 2.10. The van der Waals surface area contributed by atoms with Crippen LogP contribution in [0.1, 0.15) is 49.9 Å².